The van der Waals surface area contributed by atoms with Gasteiger partial charge >= 0.3 is 11.9 Å². The maximum Gasteiger partial charge on any atom is 0.340 e. The predicted molar refractivity (Wildman–Crippen MR) is 87.9 cm³/mol. The average molecular weight is 334 g/mol. The fourth-order valence-corrected chi connectivity index (χ4v) is 2.36. The van der Waals surface area contributed by atoms with Crippen LogP contribution >= 0.6 is 11.6 Å². The molecule has 0 spiro atoms. The largest absolute Gasteiger partial charge is 0.465 e. The summed E-state index contributed by atoms with van der Waals surface area (Å²) in [5.74, 6) is -1.21. The minimum absolute atomic E-state index is 0.142. The first-order valence-corrected chi connectivity index (χ1v) is 7.22. The minimum atomic E-state index is -0.611. The van der Waals surface area contributed by atoms with Gasteiger partial charge in [0.15, 0.2) is 0 Å². The molecule has 0 atom stereocenters. The van der Waals surface area contributed by atoms with Crippen molar-refractivity contribution >= 4 is 29.2 Å². The summed E-state index contributed by atoms with van der Waals surface area (Å²) in [6, 6.07) is 12.2. The second-order valence-electron chi connectivity index (χ2n) is 4.69. The number of esters is 2. The summed E-state index contributed by atoms with van der Waals surface area (Å²) in [6.07, 6.45) is 0. The van der Waals surface area contributed by atoms with E-state index in [9.17, 15) is 9.59 Å². The highest BCUT2D eigenvalue weighted by molar-refractivity contribution is 6.30. The van der Waals surface area contributed by atoms with Crippen molar-refractivity contribution in [3.8, 4) is 0 Å². The Morgan fingerprint density at radius 1 is 1.04 bits per heavy atom. The lowest BCUT2D eigenvalue weighted by Gasteiger charge is -2.14. The van der Waals surface area contributed by atoms with Crippen molar-refractivity contribution in [2.75, 3.05) is 19.5 Å². The van der Waals surface area contributed by atoms with E-state index in [1.54, 1.807) is 18.2 Å². The van der Waals surface area contributed by atoms with Gasteiger partial charge in [0.05, 0.1) is 25.3 Å². The van der Waals surface area contributed by atoms with Gasteiger partial charge in [-0.2, -0.15) is 0 Å². The van der Waals surface area contributed by atoms with Crippen molar-refractivity contribution in [1.29, 1.82) is 0 Å². The molecular formula is C17H16ClNO4. The molecule has 0 aliphatic carbocycles. The number of ether oxygens (including phenoxy) is 2. The van der Waals surface area contributed by atoms with Gasteiger partial charge in [-0.25, -0.2) is 9.59 Å². The normalized spacial score (nSPS) is 10.0. The first-order chi connectivity index (χ1) is 11.1. The molecular weight excluding hydrogens is 318 g/mol. The van der Waals surface area contributed by atoms with Crippen molar-refractivity contribution in [2.45, 2.75) is 6.54 Å². The summed E-state index contributed by atoms with van der Waals surface area (Å²) in [5.41, 5.74) is 1.72. The summed E-state index contributed by atoms with van der Waals surface area (Å²) in [7, 11) is 2.52. The highest BCUT2D eigenvalue weighted by Gasteiger charge is 2.22. The van der Waals surface area contributed by atoms with E-state index in [0.29, 0.717) is 17.3 Å². The molecule has 0 saturated carbocycles. The third-order valence-corrected chi connectivity index (χ3v) is 3.47. The van der Waals surface area contributed by atoms with Gasteiger partial charge in [-0.3, -0.25) is 0 Å². The monoisotopic (exact) mass is 333 g/mol. The van der Waals surface area contributed by atoms with Crippen LogP contribution in [0.4, 0.5) is 5.69 Å². The molecule has 23 heavy (non-hydrogen) atoms. The molecule has 5 nitrogen and oxygen atoms in total. The SMILES string of the molecule is COC(=O)c1cccc(NCc2cccc(Cl)c2)c1C(=O)OC. The highest BCUT2D eigenvalue weighted by Crippen LogP contribution is 2.23. The van der Waals surface area contributed by atoms with Crippen molar-refractivity contribution in [3.05, 3.63) is 64.2 Å². The number of hydrogen-bond acceptors (Lipinski definition) is 5. The standard InChI is InChI=1S/C17H16ClNO4/c1-22-16(20)13-7-4-8-14(15(13)17(21)23-2)19-10-11-5-3-6-12(18)9-11/h3-9,19H,10H2,1-2H3. The summed E-state index contributed by atoms with van der Waals surface area (Å²) < 4.78 is 9.49. The van der Waals surface area contributed by atoms with Crippen molar-refractivity contribution in [1.82, 2.24) is 0 Å². The first-order valence-electron chi connectivity index (χ1n) is 6.84. The third kappa shape index (κ3) is 4.02. The number of carbonyl (C=O) groups is 2. The number of benzene rings is 2. The third-order valence-electron chi connectivity index (χ3n) is 3.23. The van der Waals surface area contributed by atoms with Gasteiger partial charge in [-0.15, -0.1) is 0 Å². The first kappa shape index (κ1) is 16.8. The van der Waals surface area contributed by atoms with Crippen molar-refractivity contribution < 1.29 is 19.1 Å². The zero-order valence-electron chi connectivity index (χ0n) is 12.8. The van der Waals surface area contributed by atoms with Crippen LogP contribution in [-0.2, 0) is 16.0 Å². The van der Waals surface area contributed by atoms with Crippen LogP contribution in [0, 0.1) is 0 Å². The van der Waals surface area contributed by atoms with Crippen LogP contribution in [0.15, 0.2) is 42.5 Å². The Hall–Kier alpha value is -2.53. The average Bonchev–Trinajstić information content (AvgIpc) is 2.58. The zero-order chi connectivity index (χ0) is 16.8. The van der Waals surface area contributed by atoms with E-state index in [0.717, 1.165) is 5.56 Å². The number of rotatable bonds is 5. The number of anilines is 1. The van der Waals surface area contributed by atoms with Gasteiger partial charge in [-0.05, 0) is 29.8 Å². The topological polar surface area (TPSA) is 64.6 Å². The molecule has 0 saturated heterocycles. The molecule has 2 aromatic carbocycles. The molecule has 0 amide bonds. The zero-order valence-corrected chi connectivity index (χ0v) is 13.5. The summed E-state index contributed by atoms with van der Waals surface area (Å²) in [4.78, 5) is 23.9. The van der Waals surface area contributed by atoms with Gasteiger partial charge in [0.25, 0.3) is 0 Å². The van der Waals surface area contributed by atoms with Crippen LogP contribution in [0.3, 0.4) is 0 Å². The Labute approximate surface area is 139 Å². The van der Waals surface area contributed by atoms with Crippen LogP contribution < -0.4 is 5.32 Å². The molecule has 0 unspecified atom stereocenters. The van der Waals surface area contributed by atoms with E-state index in [1.807, 2.05) is 18.2 Å². The second kappa shape index (κ2) is 7.65. The maximum atomic E-state index is 12.0. The van der Waals surface area contributed by atoms with Crippen LogP contribution in [0.1, 0.15) is 26.3 Å². The summed E-state index contributed by atoms with van der Waals surface area (Å²) >= 11 is 5.95. The molecule has 2 aromatic rings. The fourth-order valence-electron chi connectivity index (χ4n) is 2.15. The van der Waals surface area contributed by atoms with E-state index >= 15 is 0 Å². The quantitative estimate of drug-likeness (QED) is 0.848. The molecule has 0 aliphatic rings. The molecule has 0 aliphatic heterocycles. The number of methoxy groups -OCH3 is 2. The molecule has 1 N–H and O–H groups in total. The lowest BCUT2D eigenvalue weighted by atomic mass is 10.0. The van der Waals surface area contributed by atoms with Gasteiger partial charge < -0.3 is 14.8 Å². The van der Waals surface area contributed by atoms with Crippen LogP contribution in [0.5, 0.6) is 0 Å². The number of nitrogens with one attached hydrogen (secondary N) is 1. The van der Waals surface area contributed by atoms with E-state index < -0.39 is 11.9 Å². The molecule has 0 aromatic heterocycles. The Kier molecular flexibility index (Phi) is 5.60. The Morgan fingerprint density at radius 2 is 1.74 bits per heavy atom. The van der Waals surface area contributed by atoms with Crippen LogP contribution in [0.25, 0.3) is 0 Å². The highest BCUT2D eigenvalue weighted by atomic mass is 35.5. The van der Waals surface area contributed by atoms with E-state index in [1.165, 1.54) is 20.3 Å². The van der Waals surface area contributed by atoms with Crippen molar-refractivity contribution in [3.63, 3.8) is 0 Å². The lowest BCUT2D eigenvalue weighted by molar-refractivity contribution is 0.0556. The minimum Gasteiger partial charge on any atom is -0.465 e. The summed E-state index contributed by atoms with van der Waals surface area (Å²) in [6.45, 7) is 0.440. The second-order valence-corrected chi connectivity index (χ2v) is 5.13. The number of carbonyl (C=O) groups excluding carboxylic acids is 2. The van der Waals surface area contributed by atoms with Crippen LogP contribution in [-0.4, -0.2) is 26.2 Å². The van der Waals surface area contributed by atoms with E-state index in [-0.39, 0.29) is 11.1 Å². The van der Waals surface area contributed by atoms with Gasteiger partial charge in [0, 0.05) is 17.3 Å². The molecule has 0 fully saturated rings. The molecule has 6 heteroatoms. The maximum absolute atomic E-state index is 12.0. The summed E-state index contributed by atoms with van der Waals surface area (Å²) in [5, 5.41) is 3.75. The van der Waals surface area contributed by atoms with Gasteiger partial charge in [0.2, 0.25) is 0 Å². The number of halogens is 1. The molecule has 0 heterocycles. The van der Waals surface area contributed by atoms with Crippen molar-refractivity contribution in [2.24, 2.45) is 0 Å². The van der Waals surface area contributed by atoms with Gasteiger partial charge in [-0.1, -0.05) is 29.8 Å². The fraction of sp³-hybridized carbons (Fsp3) is 0.176. The Balaban J connectivity index is 2.33. The Bertz CT molecular complexity index is 730. The van der Waals surface area contributed by atoms with Gasteiger partial charge in [0.1, 0.15) is 0 Å². The lowest BCUT2D eigenvalue weighted by Crippen LogP contribution is -2.15. The molecule has 2 rings (SSSR count). The van der Waals surface area contributed by atoms with Crippen LogP contribution in [0.2, 0.25) is 5.02 Å². The Morgan fingerprint density at radius 3 is 2.39 bits per heavy atom. The molecule has 0 bridgehead atoms. The predicted octanol–water partition coefficient (Wildman–Crippen LogP) is 3.53. The van der Waals surface area contributed by atoms with E-state index in [2.05, 4.69) is 5.32 Å². The van der Waals surface area contributed by atoms with E-state index in [4.69, 9.17) is 21.1 Å². The smallest absolute Gasteiger partial charge is 0.340 e. The molecule has 120 valence electrons. The number of hydrogen-bond donors (Lipinski definition) is 1. The molecule has 0 radical (unpaired) electrons.